The Balaban J connectivity index is 2.16. The summed E-state index contributed by atoms with van der Waals surface area (Å²) in [5.41, 5.74) is 0.901. The largest absolute Gasteiger partial charge is 0.467 e. The molecule has 1 heterocycles. The molecule has 1 aliphatic heterocycles. The van der Waals surface area contributed by atoms with E-state index in [1.54, 1.807) is 0 Å². The Labute approximate surface area is 118 Å². The number of methoxy groups -OCH3 is 1. The van der Waals surface area contributed by atoms with Gasteiger partial charge in [0.25, 0.3) is 0 Å². The molecule has 0 unspecified atom stereocenters. The molecule has 1 amide bonds. The molecular formula is C16H17NO3. The number of piperidine rings is 1. The van der Waals surface area contributed by atoms with Crippen molar-refractivity contribution < 1.29 is 14.3 Å². The van der Waals surface area contributed by atoms with Crippen molar-refractivity contribution in [2.45, 2.75) is 31.3 Å². The molecule has 1 aromatic carbocycles. The summed E-state index contributed by atoms with van der Waals surface area (Å²) in [5, 5.41) is 0. The van der Waals surface area contributed by atoms with Crippen molar-refractivity contribution in [1.82, 2.24) is 4.90 Å². The van der Waals surface area contributed by atoms with Crippen LogP contribution in [0.4, 0.5) is 0 Å². The SMILES string of the molecule is COC(=O)[C@H]1CCC[C@@H](C#Cc2ccccc2)N1C=O. The van der Waals surface area contributed by atoms with Gasteiger partial charge in [0.15, 0.2) is 0 Å². The number of amides is 1. The second-order valence-corrected chi connectivity index (χ2v) is 4.67. The summed E-state index contributed by atoms with van der Waals surface area (Å²) >= 11 is 0. The normalized spacial score (nSPS) is 21.6. The van der Waals surface area contributed by atoms with E-state index in [1.165, 1.54) is 12.0 Å². The van der Waals surface area contributed by atoms with Crippen LogP contribution in [0.1, 0.15) is 24.8 Å². The number of nitrogens with zero attached hydrogens (tertiary/aromatic N) is 1. The quantitative estimate of drug-likeness (QED) is 0.466. The number of carbonyl (C=O) groups is 2. The van der Waals surface area contributed by atoms with E-state index in [9.17, 15) is 9.59 Å². The van der Waals surface area contributed by atoms with E-state index in [-0.39, 0.29) is 12.0 Å². The van der Waals surface area contributed by atoms with E-state index < -0.39 is 6.04 Å². The van der Waals surface area contributed by atoms with Gasteiger partial charge in [-0.05, 0) is 31.4 Å². The fourth-order valence-corrected chi connectivity index (χ4v) is 2.38. The van der Waals surface area contributed by atoms with Crippen molar-refractivity contribution in [2.75, 3.05) is 7.11 Å². The van der Waals surface area contributed by atoms with E-state index >= 15 is 0 Å². The number of hydrogen-bond donors (Lipinski definition) is 0. The zero-order valence-electron chi connectivity index (χ0n) is 11.4. The summed E-state index contributed by atoms with van der Waals surface area (Å²) in [7, 11) is 1.34. The third-order valence-electron chi connectivity index (χ3n) is 3.43. The maximum Gasteiger partial charge on any atom is 0.328 e. The highest BCUT2D eigenvalue weighted by Crippen LogP contribution is 2.22. The smallest absolute Gasteiger partial charge is 0.328 e. The Hall–Kier alpha value is -2.28. The molecule has 104 valence electrons. The highest BCUT2D eigenvalue weighted by Gasteiger charge is 2.33. The summed E-state index contributed by atoms with van der Waals surface area (Å²) < 4.78 is 4.75. The second kappa shape index (κ2) is 6.76. The summed E-state index contributed by atoms with van der Waals surface area (Å²) in [6, 6.07) is 8.85. The topological polar surface area (TPSA) is 46.6 Å². The third kappa shape index (κ3) is 3.18. The molecule has 1 saturated heterocycles. The fraction of sp³-hybridized carbons (Fsp3) is 0.375. The Bertz CT molecular complexity index is 530. The van der Waals surface area contributed by atoms with E-state index in [0.29, 0.717) is 12.8 Å². The zero-order chi connectivity index (χ0) is 14.4. The lowest BCUT2D eigenvalue weighted by molar-refractivity contribution is -0.152. The predicted octanol–water partition coefficient (Wildman–Crippen LogP) is 1.59. The molecule has 20 heavy (non-hydrogen) atoms. The number of ether oxygens (including phenoxy) is 1. The molecule has 4 heteroatoms. The molecule has 0 radical (unpaired) electrons. The first kappa shape index (κ1) is 14.1. The van der Waals surface area contributed by atoms with Crippen LogP contribution < -0.4 is 0 Å². The highest BCUT2D eigenvalue weighted by molar-refractivity contribution is 5.78. The maximum absolute atomic E-state index is 11.7. The van der Waals surface area contributed by atoms with Crippen LogP contribution in [0.15, 0.2) is 30.3 Å². The molecule has 0 saturated carbocycles. The Kier molecular flexibility index (Phi) is 4.78. The number of benzene rings is 1. The maximum atomic E-state index is 11.7. The van der Waals surface area contributed by atoms with Gasteiger partial charge in [-0.3, -0.25) is 4.79 Å². The van der Waals surface area contributed by atoms with Gasteiger partial charge in [-0.2, -0.15) is 0 Å². The molecule has 1 aliphatic rings. The first-order valence-electron chi connectivity index (χ1n) is 6.63. The number of likely N-dealkylation sites (tertiary alicyclic amines) is 1. The molecule has 0 N–H and O–H groups in total. The van der Waals surface area contributed by atoms with Gasteiger partial charge < -0.3 is 9.64 Å². The number of hydrogen-bond acceptors (Lipinski definition) is 3. The second-order valence-electron chi connectivity index (χ2n) is 4.67. The molecule has 4 nitrogen and oxygen atoms in total. The van der Waals surface area contributed by atoms with Crippen LogP contribution >= 0.6 is 0 Å². The number of rotatable bonds is 2. The molecule has 1 fully saturated rings. The lowest BCUT2D eigenvalue weighted by Crippen LogP contribution is -2.49. The van der Waals surface area contributed by atoms with Gasteiger partial charge in [0.1, 0.15) is 6.04 Å². The Morgan fingerprint density at radius 2 is 2.10 bits per heavy atom. The fourth-order valence-electron chi connectivity index (χ4n) is 2.38. The Morgan fingerprint density at radius 3 is 2.75 bits per heavy atom. The van der Waals surface area contributed by atoms with Crippen LogP contribution in [0.2, 0.25) is 0 Å². The molecule has 0 spiro atoms. The van der Waals surface area contributed by atoms with Crippen molar-refractivity contribution in [1.29, 1.82) is 0 Å². The zero-order valence-corrected chi connectivity index (χ0v) is 11.4. The number of esters is 1. The number of carbonyl (C=O) groups excluding carboxylic acids is 2. The first-order chi connectivity index (χ1) is 9.76. The van der Waals surface area contributed by atoms with Crippen LogP contribution in [-0.2, 0) is 14.3 Å². The predicted molar refractivity (Wildman–Crippen MR) is 74.7 cm³/mol. The van der Waals surface area contributed by atoms with Gasteiger partial charge in [-0.15, -0.1) is 0 Å². The van der Waals surface area contributed by atoms with E-state index in [1.807, 2.05) is 30.3 Å². The lowest BCUT2D eigenvalue weighted by Gasteiger charge is -2.35. The van der Waals surface area contributed by atoms with E-state index in [0.717, 1.165) is 18.4 Å². The first-order valence-corrected chi connectivity index (χ1v) is 6.63. The van der Waals surface area contributed by atoms with Crippen molar-refractivity contribution in [3.8, 4) is 11.8 Å². The van der Waals surface area contributed by atoms with Gasteiger partial charge in [-0.25, -0.2) is 4.79 Å². The standard InChI is InChI=1S/C16H17NO3/c1-20-16(19)15-9-5-8-14(17(15)12-18)11-10-13-6-3-2-4-7-13/h2-4,6-7,12,14-15H,5,8-9H2,1H3/t14-,15+/m0/s1. The van der Waals surface area contributed by atoms with Crippen LogP contribution in [0.5, 0.6) is 0 Å². The third-order valence-corrected chi connectivity index (χ3v) is 3.43. The Morgan fingerprint density at radius 1 is 1.35 bits per heavy atom. The molecule has 0 aliphatic carbocycles. The molecule has 2 atom stereocenters. The average molecular weight is 271 g/mol. The molecule has 0 bridgehead atoms. The summed E-state index contributed by atoms with van der Waals surface area (Å²) in [6.45, 7) is 0. The van der Waals surface area contributed by atoms with E-state index in [4.69, 9.17) is 4.74 Å². The minimum atomic E-state index is -0.513. The van der Waals surface area contributed by atoms with Crippen molar-refractivity contribution in [3.63, 3.8) is 0 Å². The summed E-state index contributed by atoms with van der Waals surface area (Å²) in [6.07, 6.45) is 2.98. The van der Waals surface area contributed by atoms with Gasteiger partial charge >= 0.3 is 5.97 Å². The van der Waals surface area contributed by atoms with Crippen LogP contribution in [-0.4, -0.2) is 36.5 Å². The van der Waals surface area contributed by atoms with E-state index in [2.05, 4.69) is 11.8 Å². The van der Waals surface area contributed by atoms with Gasteiger partial charge in [0.05, 0.1) is 13.2 Å². The van der Waals surface area contributed by atoms with Crippen molar-refractivity contribution in [2.24, 2.45) is 0 Å². The summed E-state index contributed by atoms with van der Waals surface area (Å²) in [5.74, 6) is 5.77. The van der Waals surface area contributed by atoms with Crippen molar-refractivity contribution >= 4 is 12.4 Å². The minimum absolute atomic E-state index is 0.231. The summed E-state index contributed by atoms with van der Waals surface area (Å²) in [4.78, 5) is 24.4. The van der Waals surface area contributed by atoms with Crippen LogP contribution in [0.3, 0.4) is 0 Å². The lowest BCUT2D eigenvalue weighted by atomic mass is 9.96. The average Bonchev–Trinajstić information content (AvgIpc) is 2.52. The van der Waals surface area contributed by atoms with Gasteiger partial charge in [0.2, 0.25) is 6.41 Å². The minimum Gasteiger partial charge on any atom is -0.467 e. The molecule has 0 aromatic heterocycles. The monoisotopic (exact) mass is 271 g/mol. The van der Waals surface area contributed by atoms with Gasteiger partial charge in [0, 0.05) is 5.56 Å². The molecule has 2 rings (SSSR count). The van der Waals surface area contributed by atoms with Gasteiger partial charge in [-0.1, -0.05) is 30.0 Å². The van der Waals surface area contributed by atoms with Crippen molar-refractivity contribution in [3.05, 3.63) is 35.9 Å². The van der Waals surface area contributed by atoms with Crippen LogP contribution in [0, 0.1) is 11.8 Å². The molecular weight excluding hydrogens is 254 g/mol. The highest BCUT2D eigenvalue weighted by atomic mass is 16.5. The van der Waals surface area contributed by atoms with Crippen LogP contribution in [0.25, 0.3) is 0 Å². The molecule has 1 aromatic rings.